The van der Waals surface area contributed by atoms with Crippen LogP contribution in [0, 0.1) is 6.92 Å². The normalized spacial score (nSPS) is 14.4. The number of aromatic nitrogens is 1. The molecule has 4 nitrogen and oxygen atoms in total. The van der Waals surface area contributed by atoms with E-state index in [0.717, 1.165) is 35.3 Å². The number of aryl methyl sites for hydroxylation is 2. The zero-order valence-electron chi connectivity index (χ0n) is 22.1. The topological polar surface area (TPSA) is 63.6 Å². The average molecular weight is 437 g/mol. The number of allylic oxidation sites excluding steroid dienone is 2. The molecule has 0 saturated carbocycles. The summed E-state index contributed by atoms with van der Waals surface area (Å²) in [5, 5.41) is 1.26. The third-order valence-electron chi connectivity index (χ3n) is 5.25. The Bertz CT molecular complexity index is 985. The summed E-state index contributed by atoms with van der Waals surface area (Å²) in [5.74, 6) is 0. The highest BCUT2D eigenvalue weighted by molar-refractivity contribution is 6.12. The molecule has 0 bridgehead atoms. The van der Waals surface area contributed by atoms with Crippen molar-refractivity contribution in [1.29, 1.82) is 0 Å². The third kappa shape index (κ3) is 6.51. The molecule has 0 atom stereocenters. The van der Waals surface area contributed by atoms with Gasteiger partial charge in [0.2, 0.25) is 0 Å². The van der Waals surface area contributed by atoms with Gasteiger partial charge in [0.1, 0.15) is 0 Å². The van der Waals surface area contributed by atoms with E-state index in [0.29, 0.717) is 0 Å². The van der Waals surface area contributed by atoms with Crippen molar-refractivity contribution in [2.75, 3.05) is 7.05 Å². The van der Waals surface area contributed by atoms with Crippen LogP contribution in [0.5, 0.6) is 0 Å². The summed E-state index contributed by atoms with van der Waals surface area (Å²) >= 11 is 0. The minimum absolute atomic E-state index is 0.153. The number of pyridine rings is 1. The van der Waals surface area contributed by atoms with Gasteiger partial charge in [-0.15, -0.1) is 0 Å². The van der Waals surface area contributed by atoms with Crippen LogP contribution in [-0.4, -0.2) is 30.0 Å². The number of aliphatic imine (C=N–C) groups is 2. The Morgan fingerprint density at radius 2 is 1.62 bits per heavy atom. The first-order valence-corrected chi connectivity index (χ1v) is 12.1. The highest BCUT2D eigenvalue weighted by atomic mass is 14.8. The summed E-state index contributed by atoms with van der Waals surface area (Å²) in [4.78, 5) is 14.1. The first-order valence-electron chi connectivity index (χ1n) is 12.1. The zero-order chi connectivity index (χ0) is 24.5. The van der Waals surface area contributed by atoms with E-state index in [1.807, 2.05) is 54.1 Å². The Morgan fingerprint density at radius 3 is 2.16 bits per heavy atom. The van der Waals surface area contributed by atoms with Crippen molar-refractivity contribution in [3.63, 3.8) is 0 Å². The van der Waals surface area contributed by atoms with Gasteiger partial charge in [-0.1, -0.05) is 33.8 Å². The monoisotopic (exact) mass is 436 g/mol. The molecule has 0 unspecified atom stereocenters. The maximum Gasteiger partial charge on any atom is 0.0777 e. The van der Waals surface area contributed by atoms with E-state index < -0.39 is 0 Å². The molecule has 1 aliphatic rings. The van der Waals surface area contributed by atoms with Crippen LogP contribution in [0.25, 0.3) is 16.5 Å². The molecule has 0 aliphatic heterocycles. The van der Waals surface area contributed by atoms with Gasteiger partial charge in [-0.05, 0) is 83.1 Å². The average Bonchev–Trinajstić information content (AvgIpc) is 2.77. The van der Waals surface area contributed by atoms with E-state index in [2.05, 4.69) is 44.8 Å². The fourth-order valence-electron chi connectivity index (χ4n) is 3.88. The van der Waals surface area contributed by atoms with Gasteiger partial charge in [-0.2, -0.15) is 0 Å². The van der Waals surface area contributed by atoms with Crippen LogP contribution >= 0.6 is 0 Å². The number of hydrogen-bond acceptors (Lipinski definition) is 4. The van der Waals surface area contributed by atoms with E-state index in [-0.39, 0.29) is 5.54 Å². The molecule has 0 saturated heterocycles. The van der Waals surface area contributed by atoms with E-state index in [1.54, 1.807) is 0 Å². The van der Waals surface area contributed by atoms with Crippen LogP contribution in [-0.2, 0) is 12.8 Å². The van der Waals surface area contributed by atoms with Crippen LogP contribution in [0.3, 0.4) is 0 Å². The number of rotatable bonds is 3. The second kappa shape index (κ2) is 12.5. The zero-order valence-corrected chi connectivity index (χ0v) is 22.1. The van der Waals surface area contributed by atoms with Crippen molar-refractivity contribution in [3.05, 3.63) is 45.8 Å². The highest BCUT2D eigenvalue weighted by Gasteiger charge is 2.23. The lowest BCUT2D eigenvalue weighted by molar-refractivity contribution is 0.587. The van der Waals surface area contributed by atoms with Gasteiger partial charge in [-0.3, -0.25) is 9.98 Å². The van der Waals surface area contributed by atoms with Crippen LogP contribution in [0.4, 0.5) is 0 Å². The molecule has 2 N–H and O–H groups in total. The molecule has 1 aromatic carbocycles. The second-order valence-corrected chi connectivity index (χ2v) is 8.73. The molecule has 0 spiro atoms. The lowest BCUT2D eigenvalue weighted by Crippen LogP contribution is -2.15. The summed E-state index contributed by atoms with van der Waals surface area (Å²) in [7, 11) is 1.83. The van der Waals surface area contributed by atoms with Crippen molar-refractivity contribution in [1.82, 2.24) is 4.98 Å². The predicted octanol–water partition coefficient (Wildman–Crippen LogP) is 7.08. The van der Waals surface area contributed by atoms with E-state index in [1.165, 1.54) is 40.5 Å². The van der Waals surface area contributed by atoms with E-state index in [9.17, 15) is 0 Å². The molecular weight excluding hydrogens is 392 g/mol. The van der Waals surface area contributed by atoms with Gasteiger partial charge < -0.3 is 5.73 Å². The van der Waals surface area contributed by atoms with Crippen molar-refractivity contribution >= 4 is 28.9 Å². The summed E-state index contributed by atoms with van der Waals surface area (Å²) in [5.41, 5.74) is 15.0. The molecule has 1 aliphatic carbocycles. The predicted molar refractivity (Wildman–Crippen MR) is 144 cm³/mol. The van der Waals surface area contributed by atoms with Gasteiger partial charge in [-0.25, -0.2) is 4.98 Å². The fourth-order valence-corrected chi connectivity index (χ4v) is 3.88. The lowest BCUT2D eigenvalue weighted by Gasteiger charge is -2.24. The first-order chi connectivity index (χ1) is 15.2. The fraction of sp³-hybridized carbons (Fsp3) is 0.536. The molecule has 3 rings (SSSR count). The summed E-state index contributed by atoms with van der Waals surface area (Å²) < 4.78 is 0. The highest BCUT2D eigenvalue weighted by Crippen LogP contribution is 2.35. The van der Waals surface area contributed by atoms with Crippen LogP contribution < -0.4 is 5.73 Å². The number of nitrogens with two attached hydrogens (primary N) is 1. The van der Waals surface area contributed by atoms with Crippen molar-refractivity contribution < 1.29 is 0 Å². The van der Waals surface area contributed by atoms with Crippen molar-refractivity contribution in [3.8, 4) is 0 Å². The van der Waals surface area contributed by atoms with Crippen LogP contribution in [0.2, 0.25) is 0 Å². The summed E-state index contributed by atoms with van der Waals surface area (Å²) in [6, 6.07) is 4.26. The van der Waals surface area contributed by atoms with Gasteiger partial charge in [0.15, 0.2) is 0 Å². The molecule has 2 aromatic rings. The van der Waals surface area contributed by atoms with Gasteiger partial charge >= 0.3 is 0 Å². The Morgan fingerprint density at radius 1 is 1.03 bits per heavy atom. The molecule has 0 radical (unpaired) electrons. The number of fused-ring (bicyclic) bond motifs is 3. The largest absolute Gasteiger partial charge is 0.402 e. The molecule has 0 fully saturated rings. The number of nitrogens with zero attached hydrogens (tertiary/aromatic N) is 3. The maximum atomic E-state index is 6.30. The maximum absolute atomic E-state index is 6.30. The van der Waals surface area contributed by atoms with E-state index in [4.69, 9.17) is 15.7 Å². The van der Waals surface area contributed by atoms with Crippen molar-refractivity contribution in [2.45, 2.75) is 93.5 Å². The molecule has 1 aromatic heterocycles. The molecular formula is C28H44N4. The Labute approximate surface area is 196 Å². The molecule has 1 heterocycles. The number of benzene rings is 1. The SMILES string of the molecule is CC.CC.CN=Cc1c(C)ccc2nc(/C(C=NC(C)(C)C)=C(\C)N)c3c(c12)CCCC3. The summed E-state index contributed by atoms with van der Waals surface area (Å²) in [6.45, 7) is 18.4. The van der Waals surface area contributed by atoms with Gasteiger partial charge in [0.25, 0.3) is 0 Å². The minimum Gasteiger partial charge on any atom is -0.402 e. The summed E-state index contributed by atoms with van der Waals surface area (Å²) in [6.07, 6.45) is 8.39. The van der Waals surface area contributed by atoms with Crippen LogP contribution in [0.1, 0.15) is 96.2 Å². The lowest BCUT2D eigenvalue weighted by atomic mass is 9.84. The molecule has 176 valence electrons. The van der Waals surface area contributed by atoms with Gasteiger partial charge in [0.05, 0.1) is 16.7 Å². The first kappa shape index (κ1) is 27.5. The third-order valence-corrected chi connectivity index (χ3v) is 5.25. The Kier molecular flexibility index (Phi) is 10.8. The minimum atomic E-state index is -0.153. The van der Waals surface area contributed by atoms with Crippen molar-refractivity contribution in [2.24, 2.45) is 15.7 Å². The standard InChI is InChI=1S/C24H32N4.2C2H6/c1-15-11-12-21-22(19(15)13-26-6)17-9-7-8-10-18(17)23(28-21)20(16(2)25)14-27-24(3,4)5;2*1-2/h11-14H,7-10,25H2,1-6H3;2*1-2H3/b20-16+,26-13?,27-14?;;. The molecule has 0 amide bonds. The number of hydrogen-bond donors (Lipinski definition) is 1. The van der Waals surface area contributed by atoms with Crippen LogP contribution in [0.15, 0.2) is 27.8 Å². The Balaban J connectivity index is 0.00000121. The molecule has 4 heteroatoms. The molecule has 32 heavy (non-hydrogen) atoms. The van der Waals surface area contributed by atoms with E-state index >= 15 is 0 Å². The Hall–Kier alpha value is -2.49. The van der Waals surface area contributed by atoms with Gasteiger partial charge in [0, 0.05) is 41.7 Å². The second-order valence-electron chi connectivity index (χ2n) is 8.73. The quantitative estimate of drug-likeness (QED) is 0.522. The smallest absolute Gasteiger partial charge is 0.0777 e.